The highest BCUT2D eigenvalue weighted by molar-refractivity contribution is 6.30. The van der Waals surface area contributed by atoms with Crippen molar-refractivity contribution in [2.75, 3.05) is 13.1 Å². The molecule has 142 valence electrons. The Kier molecular flexibility index (Phi) is 6.75. The maximum atomic E-state index is 12.5. The van der Waals surface area contributed by atoms with Gasteiger partial charge in [-0.15, -0.1) is 0 Å². The van der Waals surface area contributed by atoms with Crippen LogP contribution in [0.2, 0.25) is 10.0 Å². The molecule has 0 spiro atoms. The van der Waals surface area contributed by atoms with Crippen LogP contribution in [0, 0.1) is 5.92 Å². The Labute approximate surface area is 169 Å². The molecule has 0 saturated carbocycles. The van der Waals surface area contributed by atoms with Crippen LogP contribution in [-0.4, -0.2) is 29.8 Å². The molecule has 27 heavy (non-hydrogen) atoms. The Morgan fingerprint density at radius 1 is 1.07 bits per heavy atom. The van der Waals surface area contributed by atoms with Gasteiger partial charge in [-0.1, -0.05) is 47.5 Å². The van der Waals surface area contributed by atoms with Gasteiger partial charge in [-0.2, -0.15) is 0 Å². The zero-order valence-corrected chi connectivity index (χ0v) is 16.5. The fraction of sp³-hybridized carbons (Fsp3) is 0.333. The molecular weight excluding hydrogens is 383 g/mol. The molecule has 1 aliphatic heterocycles. The fourth-order valence-corrected chi connectivity index (χ4v) is 3.60. The predicted molar refractivity (Wildman–Crippen MR) is 108 cm³/mol. The van der Waals surface area contributed by atoms with E-state index >= 15 is 0 Å². The first-order valence-electron chi connectivity index (χ1n) is 9.05. The maximum absolute atomic E-state index is 12.5. The molecule has 0 aliphatic carbocycles. The molecule has 0 aromatic heterocycles. The molecule has 6 heteroatoms. The largest absolute Gasteiger partial charge is 0.355 e. The van der Waals surface area contributed by atoms with E-state index in [4.69, 9.17) is 23.2 Å². The lowest BCUT2D eigenvalue weighted by Gasteiger charge is -2.32. The van der Waals surface area contributed by atoms with Crippen LogP contribution in [0.3, 0.4) is 0 Å². The summed E-state index contributed by atoms with van der Waals surface area (Å²) in [6.45, 7) is 1.51. The molecule has 1 N–H and O–H groups in total. The molecule has 3 rings (SSSR count). The van der Waals surface area contributed by atoms with Crippen molar-refractivity contribution in [2.24, 2.45) is 5.92 Å². The summed E-state index contributed by atoms with van der Waals surface area (Å²) in [5.41, 5.74) is 2.10. The number of rotatable bonds is 6. The molecule has 1 heterocycles. The second-order valence-electron chi connectivity index (χ2n) is 6.81. The van der Waals surface area contributed by atoms with Gasteiger partial charge in [0.25, 0.3) is 0 Å². The van der Waals surface area contributed by atoms with Crippen LogP contribution < -0.4 is 5.32 Å². The van der Waals surface area contributed by atoms with Crippen molar-refractivity contribution in [3.8, 4) is 0 Å². The average Bonchev–Trinajstić information content (AvgIpc) is 2.65. The first kappa shape index (κ1) is 19.7. The maximum Gasteiger partial charge on any atom is 0.224 e. The van der Waals surface area contributed by atoms with Crippen molar-refractivity contribution >= 4 is 35.0 Å². The minimum Gasteiger partial charge on any atom is -0.355 e. The molecule has 2 aromatic rings. The molecule has 4 nitrogen and oxygen atoms in total. The monoisotopic (exact) mass is 404 g/mol. The van der Waals surface area contributed by atoms with Crippen molar-refractivity contribution < 1.29 is 9.59 Å². The number of likely N-dealkylation sites (tertiary alicyclic amines) is 1. The number of hydrogen-bond donors (Lipinski definition) is 1. The molecule has 1 fully saturated rings. The molecule has 0 bridgehead atoms. The van der Waals surface area contributed by atoms with Gasteiger partial charge in [0, 0.05) is 36.1 Å². The van der Waals surface area contributed by atoms with E-state index in [9.17, 15) is 9.59 Å². The number of hydrogen-bond acceptors (Lipinski definition) is 2. The quantitative estimate of drug-likeness (QED) is 0.787. The number of piperidine rings is 1. The third kappa shape index (κ3) is 5.72. The molecule has 1 aliphatic rings. The molecule has 1 saturated heterocycles. The Morgan fingerprint density at radius 2 is 1.85 bits per heavy atom. The van der Waals surface area contributed by atoms with Crippen LogP contribution in [0.1, 0.15) is 24.0 Å². The number of nitrogens with zero attached hydrogens (tertiary/aromatic N) is 1. The van der Waals surface area contributed by atoms with Gasteiger partial charge in [0.2, 0.25) is 11.8 Å². The van der Waals surface area contributed by atoms with E-state index in [1.807, 2.05) is 48.5 Å². The van der Waals surface area contributed by atoms with Crippen molar-refractivity contribution in [1.82, 2.24) is 10.2 Å². The molecule has 2 aromatic carbocycles. The normalized spacial score (nSPS) is 17.0. The van der Waals surface area contributed by atoms with Crippen LogP contribution in [0.5, 0.6) is 0 Å². The van der Waals surface area contributed by atoms with Crippen molar-refractivity contribution in [3.63, 3.8) is 0 Å². The first-order valence-corrected chi connectivity index (χ1v) is 9.81. The summed E-state index contributed by atoms with van der Waals surface area (Å²) in [5.74, 6) is -0.0760. The highest BCUT2D eigenvalue weighted by atomic mass is 35.5. The Hall–Kier alpha value is -2.04. The standard InChI is InChI=1S/C21H22Cl2N2O2/c22-18-7-4-16(5-8-18)13-25-14-17(6-9-20(25)26)21(27)24-11-10-15-2-1-3-19(23)12-15/h1-5,7-8,12,17H,6,9-11,13-14H2,(H,24,27)/t17-/m0/s1. The average molecular weight is 405 g/mol. The summed E-state index contributed by atoms with van der Waals surface area (Å²) in [4.78, 5) is 26.5. The van der Waals surface area contributed by atoms with Gasteiger partial charge in [0.05, 0.1) is 5.92 Å². The number of carbonyl (C=O) groups excluding carboxylic acids is 2. The van der Waals surface area contributed by atoms with E-state index in [1.54, 1.807) is 4.90 Å². The van der Waals surface area contributed by atoms with E-state index < -0.39 is 0 Å². The van der Waals surface area contributed by atoms with E-state index in [0.717, 1.165) is 17.5 Å². The number of carbonyl (C=O) groups is 2. The number of halogens is 2. The van der Waals surface area contributed by atoms with Crippen molar-refractivity contribution in [2.45, 2.75) is 25.8 Å². The zero-order chi connectivity index (χ0) is 19.2. The first-order chi connectivity index (χ1) is 13.0. The predicted octanol–water partition coefficient (Wildman–Crippen LogP) is 4.09. The molecule has 1 atom stereocenters. The van der Waals surface area contributed by atoms with Gasteiger partial charge in [0.1, 0.15) is 0 Å². The van der Waals surface area contributed by atoms with E-state index in [-0.39, 0.29) is 17.7 Å². The second kappa shape index (κ2) is 9.25. The van der Waals surface area contributed by atoms with Gasteiger partial charge in [0.15, 0.2) is 0 Å². The van der Waals surface area contributed by atoms with Gasteiger partial charge in [-0.25, -0.2) is 0 Å². The Bertz CT molecular complexity index is 808. The van der Waals surface area contributed by atoms with Crippen LogP contribution in [0.4, 0.5) is 0 Å². The highest BCUT2D eigenvalue weighted by Gasteiger charge is 2.30. The Balaban J connectivity index is 1.51. The summed E-state index contributed by atoms with van der Waals surface area (Å²) in [6.07, 6.45) is 1.73. The highest BCUT2D eigenvalue weighted by Crippen LogP contribution is 2.21. The molecule has 2 amide bonds. The van der Waals surface area contributed by atoms with E-state index in [1.165, 1.54) is 0 Å². The van der Waals surface area contributed by atoms with Crippen LogP contribution >= 0.6 is 23.2 Å². The molecule has 0 radical (unpaired) electrons. The number of nitrogens with one attached hydrogen (secondary N) is 1. The van der Waals surface area contributed by atoms with E-state index in [2.05, 4.69) is 5.32 Å². The summed E-state index contributed by atoms with van der Waals surface area (Å²) in [7, 11) is 0. The lowest BCUT2D eigenvalue weighted by molar-refractivity contribution is -0.138. The van der Waals surface area contributed by atoms with Crippen LogP contribution in [0.25, 0.3) is 0 Å². The minimum atomic E-state index is -0.172. The van der Waals surface area contributed by atoms with Gasteiger partial charge >= 0.3 is 0 Å². The third-order valence-corrected chi connectivity index (χ3v) is 5.25. The smallest absolute Gasteiger partial charge is 0.224 e. The lowest BCUT2D eigenvalue weighted by atomic mass is 9.96. The SMILES string of the molecule is O=C(NCCc1cccc(Cl)c1)[C@H]1CCC(=O)N(Cc2ccc(Cl)cc2)C1. The van der Waals surface area contributed by atoms with Crippen LogP contribution in [-0.2, 0) is 22.6 Å². The van der Waals surface area contributed by atoms with Crippen LogP contribution in [0.15, 0.2) is 48.5 Å². The molecule has 0 unspecified atom stereocenters. The van der Waals surface area contributed by atoms with Gasteiger partial charge in [-0.3, -0.25) is 9.59 Å². The van der Waals surface area contributed by atoms with Gasteiger partial charge < -0.3 is 10.2 Å². The molecular formula is C21H22Cl2N2O2. The fourth-order valence-electron chi connectivity index (χ4n) is 3.26. The Morgan fingerprint density at radius 3 is 2.59 bits per heavy atom. The summed E-state index contributed by atoms with van der Waals surface area (Å²) in [5, 5.41) is 4.35. The minimum absolute atomic E-state index is 0.00522. The third-order valence-electron chi connectivity index (χ3n) is 4.76. The van der Waals surface area contributed by atoms with Gasteiger partial charge in [-0.05, 0) is 48.2 Å². The summed E-state index contributed by atoms with van der Waals surface area (Å²) < 4.78 is 0. The zero-order valence-electron chi connectivity index (χ0n) is 15.0. The topological polar surface area (TPSA) is 49.4 Å². The number of amides is 2. The van der Waals surface area contributed by atoms with Crippen molar-refractivity contribution in [1.29, 1.82) is 0 Å². The second-order valence-corrected chi connectivity index (χ2v) is 7.68. The van der Waals surface area contributed by atoms with E-state index in [0.29, 0.717) is 42.5 Å². The number of benzene rings is 2. The van der Waals surface area contributed by atoms with Crippen molar-refractivity contribution in [3.05, 3.63) is 69.7 Å². The lowest BCUT2D eigenvalue weighted by Crippen LogP contribution is -2.45. The summed E-state index contributed by atoms with van der Waals surface area (Å²) >= 11 is 11.9. The summed E-state index contributed by atoms with van der Waals surface area (Å²) in [6, 6.07) is 15.1.